The maximum Gasteiger partial charge on any atom is 0.133 e. The second kappa shape index (κ2) is 6.09. The molecule has 0 unspecified atom stereocenters. The smallest absolute Gasteiger partial charge is 0.133 e. The molecule has 15 heavy (non-hydrogen) atoms. The molecule has 84 valence electrons. The van der Waals surface area contributed by atoms with Gasteiger partial charge in [-0.1, -0.05) is 31.5 Å². The Kier molecular flexibility index (Phi) is 5.06. The lowest BCUT2D eigenvalue weighted by Gasteiger charge is -2.26. The summed E-state index contributed by atoms with van der Waals surface area (Å²) in [5.41, 5.74) is 1.11. The van der Waals surface area contributed by atoms with E-state index in [-0.39, 0.29) is 0 Å². The molecule has 0 atom stereocenters. The molecule has 0 amide bonds. The van der Waals surface area contributed by atoms with Crippen LogP contribution in [0.25, 0.3) is 0 Å². The topological polar surface area (TPSA) is 16.1 Å². The molecule has 0 spiro atoms. The molecule has 0 saturated heterocycles. The highest BCUT2D eigenvalue weighted by Crippen LogP contribution is 2.16. The van der Waals surface area contributed by atoms with Crippen molar-refractivity contribution in [2.24, 2.45) is 0 Å². The molecule has 0 aliphatic rings. The molecule has 0 fully saturated rings. The van der Waals surface area contributed by atoms with Crippen molar-refractivity contribution in [1.82, 2.24) is 9.88 Å². The lowest BCUT2D eigenvalue weighted by molar-refractivity contribution is 0.221. The third kappa shape index (κ3) is 3.47. The van der Waals surface area contributed by atoms with Crippen molar-refractivity contribution < 1.29 is 0 Å². The zero-order chi connectivity index (χ0) is 11.3. The molecule has 1 aromatic rings. The van der Waals surface area contributed by atoms with Crippen molar-refractivity contribution in [2.45, 2.75) is 39.3 Å². The first-order valence-electron chi connectivity index (χ1n) is 5.48. The molecular weight excluding hydrogens is 208 g/mol. The Bertz CT molecular complexity index is 297. The Balaban J connectivity index is 2.65. The Hall–Kier alpha value is -0.600. The van der Waals surface area contributed by atoms with Gasteiger partial charge in [0.05, 0.1) is 0 Å². The molecule has 0 aliphatic heterocycles. The Morgan fingerprint density at radius 1 is 1.40 bits per heavy atom. The van der Waals surface area contributed by atoms with Crippen molar-refractivity contribution in [3.8, 4) is 0 Å². The van der Waals surface area contributed by atoms with E-state index < -0.39 is 0 Å². The van der Waals surface area contributed by atoms with Gasteiger partial charge in [-0.2, -0.15) is 0 Å². The van der Waals surface area contributed by atoms with Gasteiger partial charge < -0.3 is 0 Å². The summed E-state index contributed by atoms with van der Waals surface area (Å²) in [6, 6.07) is 4.59. The number of aromatic nitrogens is 1. The van der Waals surface area contributed by atoms with Crippen LogP contribution in [0.2, 0.25) is 5.15 Å². The molecule has 0 aliphatic carbocycles. The van der Waals surface area contributed by atoms with Crippen LogP contribution < -0.4 is 0 Å². The van der Waals surface area contributed by atoms with Crippen molar-refractivity contribution >= 4 is 11.6 Å². The van der Waals surface area contributed by atoms with Gasteiger partial charge in [0.2, 0.25) is 0 Å². The summed E-state index contributed by atoms with van der Waals surface area (Å²) in [5.74, 6) is 0. The van der Waals surface area contributed by atoms with E-state index in [1.54, 1.807) is 6.20 Å². The predicted octanol–water partition coefficient (Wildman–Crippen LogP) is 3.36. The van der Waals surface area contributed by atoms with E-state index in [2.05, 4.69) is 30.8 Å². The molecule has 1 heterocycles. The van der Waals surface area contributed by atoms with Crippen LogP contribution in [0, 0.1) is 0 Å². The second-order valence-corrected chi connectivity index (χ2v) is 4.20. The fourth-order valence-corrected chi connectivity index (χ4v) is 2.03. The van der Waals surface area contributed by atoms with Crippen LogP contribution in [0.4, 0.5) is 0 Å². The summed E-state index contributed by atoms with van der Waals surface area (Å²) in [5, 5.41) is 0.621. The molecule has 0 aromatic carbocycles. The second-order valence-electron chi connectivity index (χ2n) is 3.84. The van der Waals surface area contributed by atoms with Gasteiger partial charge in [-0.25, -0.2) is 4.98 Å². The fourth-order valence-electron chi connectivity index (χ4n) is 1.85. The highest BCUT2D eigenvalue weighted by molar-refractivity contribution is 6.30. The van der Waals surface area contributed by atoms with Gasteiger partial charge in [-0.3, -0.25) is 4.90 Å². The summed E-state index contributed by atoms with van der Waals surface area (Å²) < 4.78 is 0. The molecular formula is C12H19ClN2. The van der Waals surface area contributed by atoms with Gasteiger partial charge in [0, 0.05) is 24.3 Å². The highest BCUT2D eigenvalue weighted by atomic mass is 35.5. The minimum Gasteiger partial charge on any atom is -0.299 e. The summed E-state index contributed by atoms with van der Waals surface area (Å²) in [6.45, 7) is 5.31. The average Bonchev–Trinajstić information content (AvgIpc) is 2.23. The number of halogens is 1. The van der Waals surface area contributed by atoms with Crippen molar-refractivity contribution in [1.29, 1.82) is 0 Å². The monoisotopic (exact) mass is 226 g/mol. The van der Waals surface area contributed by atoms with Crippen molar-refractivity contribution in [2.75, 3.05) is 7.05 Å². The van der Waals surface area contributed by atoms with E-state index in [4.69, 9.17) is 11.6 Å². The van der Waals surface area contributed by atoms with Gasteiger partial charge in [0.25, 0.3) is 0 Å². The van der Waals surface area contributed by atoms with Crippen LogP contribution in [-0.2, 0) is 6.54 Å². The van der Waals surface area contributed by atoms with E-state index in [1.807, 2.05) is 12.1 Å². The number of rotatable bonds is 5. The first kappa shape index (κ1) is 12.5. The molecule has 3 heteroatoms. The Morgan fingerprint density at radius 2 is 2.07 bits per heavy atom. The SMILES string of the molecule is CCC(CC)N(C)Cc1cccnc1Cl. The summed E-state index contributed by atoms with van der Waals surface area (Å²) in [4.78, 5) is 6.42. The van der Waals surface area contributed by atoms with Crippen LogP contribution in [0.3, 0.4) is 0 Å². The zero-order valence-electron chi connectivity index (χ0n) is 9.70. The van der Waals surface area contributed by atoms with E-state index >= 15 is 0 Å². The first-order valence-corrected chi connectivity index (χ1v) is 5.86. The van der Waals surface area contributed by atoms with Gasteiger partial charge in [-0.15, -0.1) is 0 Å². The van der Waals surface area contributed by atoms with Crippen LogP contribution >= 0.6 is 11.6 Å². The Labute approximate surface area is 97.3 Å². The lowest BCUT2D eigenvalue weighted by atomic mass is 10.1. The number of pyridine rings is 1. The van der Waals surface area contributed by atoms with Crippen LogP contribution in [0.15, 0.2) is 18.3 Å². The Morgan fingerprint density at radius 3 is 2.60 bits per heavy atom. The number of hydrogen-bond acceptors (Lipinski definition) is 2. The van der Waals surface area contributed by atoms with E-state index in [0.29, 0.717) is 11.2 Å². The summed E-state index contributed by atoms with van der Waals surface area (Å²) in [7, 11) is 2.14. The van der Waals surface area contributed by atoms with E-state index in [1.165, 1.54) is 12.8 Å². The largest absolute Gasteiger partial charge is 0.299 e. The average molecular weight is 227 g/mol. The van der Waals surface area contributed by atoms with Crippen LogP contribution in [-0.4, -0.2) is 23.0 Å². The maximum absolute atomic E-state index is 6.02. The van der Waals surface area contributed by atoms with Crippen molar-refractivity contribution in [3.63, 3.8) is 0 Å². The molecule has 1 rings (SSSR count). The highest BCUT2D eigenvalue weighted by Gasteiger charge is 2.12. The first-order chi connectivity index (χ1) is 7.19. The number of hydrogen-bond donors (Lipinski definition) is 0. The molecule has 0 N–H and O–H groups in total. The van der Waals surface area contributed by atoms with E-state index in [9.17, 15) is 0 Å². The summed E-state index contributed by atoms with van der Waals surface area (Å²) >= 11 is 6.02. The normalized spacial score (nSPS) is 11.3. The maximum atomic E-state index is 6.02. The third-order valence-electron chi connectivity index (χ3n) is 2.82. The lowest BCUT2D eigenvalue weighted by Crippen LogP contribution is -2.30. The molecule has 0 saturated carbocycles. The van der Waals surface area contributed by atoms with E-state index in [0.717, 1.165) is 12.1 Å². The number of nitrogens with zero attached hydrogens (tertiary/aromatic N) is 2. The fraction of sp³-hybridized carbons (Fsp3) is 0.583. The minimum absolute atomic E-state index is 0.621. The van der Waals surface area contributed by atoms with Crippen LogP contribution in [0.5, 0.6) is 0 Å². The van der Waals surface area contributed by atoms with Gasteiger partial charge in [-0.05, 0) is 26.0 Å². The van der Waals surface area contributed by atoms with Gasteiger partial charge in [0.1, 0.15) is 5.15 Å². The molecule has 0 bridgehead atoms. The minimum atomic E-state index is 0.621. The van der Waals surface area contributed by atoms with Crippen LogP contribution in [0.1, 0.15) is 32.3 Å². The predicted molar refractivity (Wildman–Crippen MR) is 65.1 cm³/mol. The molecule has 0 radical (unpaired) electrons. The van der Waals surface area contributed by atoms with Crippen molar-refractivity contribution in [3.05, 3.63) is 29.0 Å². The zero-order valence-corrected chi connectivity index (χ0v) is 10.5. The molecule has 2 nitrogen and oxygen atoms in total. The summed E-state index contributed by atoms with van der Waals surface area (Å²) in [6.07, 6.45) is 4.07. The molecule has 1 aromatic heterocycles. The quantitative estimate of drug-likeness (QED) is 0.716. The third-order valence-corrected chi connectivity index (χ3v) is 3.16. The van der Waals surface area contributed by atoms with Gasteiger partial charge in [0.15, 0.2) is 0 Å². The van der Waals surface area contributed by atoms with Gasteiger partial charge >= 0.3 is 0 Å². The standard InChI is InChI=1S/C12H19ClN2/c1-4-11(5-2)15(3)9-10-7-6-8-14-12(10)13/h6-8,11H,4-5,9H2,1-3H3.